The summed E-state index contributed by atoms with van der Waals surface area (Å²) in [5.41, 5.74) is 1.88. The van der Waals surface area contributed by atoms with Crippen LogP contribution in [0.1, 0.15) is 50.5 Å². The first kappa shape index (κ1) is 14.2. The lowest BCUT2D eigenvalue weighted by molar-refractivity contribution is -0.0569. The van der Waals surface area contributed by atoms with Gasteiger partial charge in [0, 0.05) is 4.83 Å². The molecule has 1 unspecified atom stereocenters. The molecule has 2 heteroatoms. The molecule has 1 atom stereocenters. The monoisotopic (exact) mass is 350 g/mol. The summed E-state index contributed by atoms with van der Waals surface area (Å²) in [4.78, 5) is 0.541. The Kier molecular flexibility index (Phi) is 3.64. The molecule has 4 bridgehead atoms. The van der Waals surface area contributed by atoms with E-state index in [1.54, 1.807) is 12.1 Å². The van der Waals surface area contributed by atoms with Gasteiger partial charge < -0.3 is 0 Å². The molecule has 5 rings (SSSR count). The van der Waals surface area contributed by atoms with E-state index in [0.29, 0.717) is 10.2 Å². The Bertz CT molecular complexity index is 472. The highest BCUT2D eigenvalue weighted by Crippen LogP contribution is 2.62. The van der Waals surface area contributed by atoms with Crippen molar-refractivity contribution < 1.29 is 4.39 Å². The van der Waals surface area contributed by atoms with Gasteiger partial charge in [0.25, 0.3) is 0 Å². The van der Waals surface area contributed by atoms with Gasteiger partial charge in [0.15, 0.2) is 0 Å². The predicted octanol–water partition coefficient (Wildman–Crippen LogP) is 5.74. The van der Waals surface area contributed by atoms with Crippen LogP contribution in [0.2, 0.25) is 0 Å². The Morgan fingerprint density at radius 2 is 1.52 bits per heavy atom. The highest BCUT2D eigenvalue weighted by atomic mass is 79.9. The molecule has 0 saturated heterocycles. The van der Waals surface area contributed by atoms with Gasteiger partial charge in [0.05, 0.1) is 0 Å². The van der Waals surface area contributed by atoms with Crippen LogP contribution in [-0.2, 0) is 6.42 Å². The van der Waals surface area contributed by atoms with Gasteiger partial charge in [0.2, 0.25) is 0 Å². The fourth-order valence-electron chi connectivity index (χ4n) is 5.96. The minimum absolute atomic E-state index is 0.133. The van der Waals surface area contributed by atoms with Gasteiger partial charge in [-0.25, -0.2) is 4.39 Å². The third-order valence-electron chi connectivity index (χ3n) is 6.19. The molecule has 1 aromatic carbocycles. The van der Waals surface area contributed by atoms with Crippen LogP contribution < -0.4 is 0 Å². The molecule has 0 aromatic heterocycles. The van der Waals surface area contributed by atoms with E-state index >= 15 is 0 Å². The minimum atomic E-state index is -0.133. The van der Waals surface area contributed by atoms with Crippen molar-refractivity contribution >= 4 is 15.9 Å². The van der Waals surface area contributed by atoms with Crippen molar-refractivity contribution in [1.29, 1.82) is 0 Å². The van der Waals surface area contributed by atoms with Gasteiger partial charge in [-0.1, -0.05) is 28.1 Å². The molecule has 114 valence electrons. The molecule has 0 spiro atoms. The van der Waals surface area contributed by atoms with Crippen molar-refractivity contribution in [3.8, 4) is 0 Å². The van der Waals surface area contributed by atoms with E-state index in [0.717, 1.165) is 24.2 Å². The Morgan fingerprint density at radius 3 is 2.05 bits per heavy atom. The lowest BCUT2D eigenvalue weighted by Crippen LogP contribution is -2.47. The average molecular weight is 351 g/mol. The number of alkyl halides is 1. The number of rotatable bonds is 4. The quantitative estimate of drug-likeness (QED) is 0.607. The Labute approximate surface area is 135 Å². The Morgan fingerprint density at radius 1 is 1.00 bits per heavy atom. The van der Waals surface area contributed by atoms with Gasteiger partial charge in [-0.3, -0.25) is 0 Å². The molecule has 0 nitrogen and oxygen atoms in total. The fourth-order valence-corrected chi connectivity index (χ4v) is 7.02. The number of halogens is 2. The highest BCUT2D eigenvalue weighted by Gasteiger charge is 2.50. The van der Waals surface area contributed by atoms with Crippen LogP contribution in [0.3, 0.4) is 0 Å². The summed E-state index contributed by atoms with van der Waals surface area (Å²) in [5.74, 6) is 2.95. The molecule has 4 aliphatic carbocycles. The van der Waals surface area contributed by atoms with Crippen LogP contribution in [0.15, 0.2) is 24.3 Å². The van der Waals surface area contributed by atoms with Gasteiger partial charge >= 0.3 is 0 Å². The Balaban J connectivity index is 1.42. The molecule has 21 heavy (non-hydrogen) atoms. The van der Waals surface area contributed by atoms with E-state index in [4.69, 9.17) is 0 Å². The Hall–Kier alpha value is -0.370. The second kappa shape index (κ2) is 5.37. The van der Waals surface area contributed by atoms with Crippen molar-refractivity contribution in [2.24, 2.45) is 23.2 Å². The van der Waals surface area contributed by atoms with Crippen LogP contribution >= 0.6 is 15.9 Å². The number of benzene rings is 1. The number of hydrogen-bond donors (Lipinski definition) is 0. The fraction of sp³-hybridized carbons (Fsp3) is 0.684. The van der Waals surface area contributed by atoms with Crippen molar-refractivity contribution in [2.75, 3.05) is 0 Å². The molecule has 4 fully saturated rings. The lowest BCUT2D eigenvalue weighted by atomic mass is 9.48. The second-order valence-corrected chi connectivity index (χ2v) is 9.34. The van der Waals surface area contributed by atoms with E-state index < -0.39 is 0 Å². The summed E-state index contributed by atoms with van der Waals surface area (Å²) in [5, 5.41) is 0. The standard InChI is InChI=1S/C19H24BrF/c20-17(8-13-1-3-18(21)4-2-13)12-19-9-14-5-15(10-19)7-16(6-14)11-19/h1-4,14-17H,5-12H2. The zero-order valence-corrected chi connectivity index (χ0v) is 14.1. The van der Waals surface area contributed by atoms with Crippen molar-refractivity contribution in [2.45, 2.75) is 56.2 Å². The van der Waals surface area contributed by atoms with E-state index in [9.17, 15) is 4.39 Å². The molecular weight excluding hydrogens is 327 g/mol. The third-order valence-corrected chi connectivity index (χ3v) is 6.84. The topological polar surface area (TPSA) is 0 Å². The van der Waals surface area contributed by atoms with Gasteiger partial charge in [-0.05, 0) is 92.2 Å². The molecule has 4 aliphatic rings. The third kappa shape index (κ3) is 2.93. The molecule has 0 N–H and O–H groups in total. The summed E-state index contributed by atoms with van der Waals surface area (Å²) in [6.45, 7) is 0. The van der Waals surface area contributed by atoms with Crippen LogP contribution in [-0.4, -0.2) is 4.83 Å². The first-order valence-corrected chi connectivity index (χ1v) is 9.40. The highest BCUT2D eigenvalue weighted by molar-refractivity contribution is 9.09. The first-order chi connectivity index (χ1) is 10.1. The van der Waals surface area contributed by atoms with Crippen LogP contribution in [0.4, 0.5) is 4.39 Å². The van der Waals surface area contributed by atoms with Crippen molar-refractivity contribution in [3.63, 3.8) is 0 Å². The predicted molar refractivity (Wildman–Crippen MR) is 88.0 cm³/mol. The first-order valence-electron chi connectivity index (χ1n) is 8.49. The van der Waals surface area contributed by atoms with Gasteiger partial charge in [0.1, 0.15) is 5.82 Å². The second-order valence-electron chi connectivity index (χ2n) is 8.05. The maximum absolute atomic E-state index is 13.0. The lowest BCUT2D eigenvalue weighted by Gasteiger charge is -2.57. The summed E-state index contributed by atoms with van der Waals surface area (Å²) in [6.07, 6.45) is 11.3. The summed E-state index contributed by atoms with van der Waals surface area (Å²) >= 11 is 3.93. The summed E-state index contributed by atoms with van der Waals surface area (Å²) in [6, 6.07) is 7.03. The maximum atomic E-state index is 13.0. The molecule has 0 amide bonds. The zero-order chi connectivity index (χ0) is 14.4. The van der Waals surface area contributed by atoms with Crippen molar-refractivity contribution in [1.82, 2.24) is 0 Å². The van der Waals surface area contributed by atoms with E-state index in [2.05, 4.69) is 15.9 Å². The summed E-state index contributed by atoms with van der Waals surface area (Å²) in [7, 11) is 0. The van der Waals surface area contributed by atoms with E-state index in [-0.39, 0.29) is 5.82 Å². The van der Waals surface area contributed by atoms with E-state index in [1.165, 1.54) is 50.5 Å². The molecule has 0 heterocycles. The average Bonchev–Trinajstić information content (AvgIpc) is 2.39. The van der Waals surface area contributed by atoms with Crippen LogP contribution in [0, 0.1) is 29.0 Å². The van der Waals surface area contributed by atoms with Crippen molar-refractivity contribution in [3.05, 3.63) is 35.6 Å². The van der Waals surface area contributed by atoms with Crippen LogP contribution in [0.5, 0.6) is 0 Å². The smallest absolute Gasteiger partial charge is 0.123 e. The SMILES string of the molecule is Fc1ccc(CC(Br)CC23CC4CC(CC(C4)C2)C3)cc1. The number of hydrogen-bond acceptors (Lipinski definition) is 0. The molecule has 0 radical (unpaired) electrons. The van der Waals surface area contributed by atoms with Crippen LogP contribution in [0.25, 0.3) is 0 Å². The van der Waals surface area contributed by atoms with Gasteiger partial charge in [-0.15, -0.1) is 0 Å². The molecule has 1 aromatic rings. The minimum Gasteiger partial charge on any atom is -0.207 e. The normalized spacial score (nSPS) is 38.7. The maximum Gasteiger partial charge on any atom is 0.123 e. The zero-order valence-electron chi connectivity index (χ0n) is 12.5. The summed E-state index contributed by atoms with van der Waals surface area (Å²) < 4.78 is 13.0. The largest absolute Gasteiger partial charge is 0.207 e. The molecular formula is C19H24BrF. The molecule has 4 saturated carbocycles. The van der Waals surface area contributed by atoms with E-state index in [1.807, 2.05) is 12.1 Å². The molecule has 0 aliphatic heterocycles. The van der Waals surface area contributed by atoms with Gasteiger partial charge in [-0.2, -0.15) is 0 Å².